The van der Waals surface area contributed by atoms with E-state index in [2.05, 4.69) is 31.3 Å². The molecule has 3 atom stereocenters. The predicted molar refractivity (Wildman–Crippen MR) is 218 cm³/mol. The fourth-order valence-corrected chi connectivity index (χ4v) is 7.10. The Bertz CT molecular complexity index is 699. The lowest BCUT2D eigenvalue weighted by atomic mass is 9.99. The molecule has 0 saturated carbocycles. The van der Waals surface area contributed by atoms with Gasteiger partial charge in [0.25, 0.3) is 0 Å². The van der Waals surface area contributed by atoms with E-state index in [9.17, 15) is 20.1 Å². The Hall–Kier alpha value is -0.910. The monoisotopic (exact) mass is 708 g/mol. The summed E-state index contributed by atoms with van der Waals surface area (Å²) < 4.78 is 0. The zero-order valence-corrected chi connectivity index (χ0v) is 33.8. The number of aliphatic hydroxyl groups is 3. The Morgan fingerprint density at radius 1 is 0.480 bits per heavy atom. The molecular weight excluding hydrogens is 618 g/mol. The van der Waals surface area contributed by atoms with Crippen molar-refractivity contribution in [3.05, 3.63) is 12.2 Å². The van der Waals surface area contributed by atoms with E-state index in [1.54, 1.807) is 0 Å². The molecule has 298 valence electrons. The lowest BCUT2D eigenvalue weighted by Crippen LogP contribution is -2.50. The molecular formula is C45H89NO4. The molecule has 1 amide bonds. The van der Waals surface area contributed by atoms with Crippen LogP contribution in [0.15, 0.2) is 12.2 Å². The van der Waals surface area contributed by atoms with E-state index < -0.39 is 18.2 Å². The van der Waals surface area contributed by atoms with Crippen LogP contribution in [0.3, 0.4) is 0 Å². The van der Waals surface area contributed by atoms with Crippen LogP contribution in [0.2, 0.25) is 0 Å². The maximum Gasteiger partial charge on any atom is 0.220 e. The number of hydrogen-bond donors (Lipinski definition) is 4. The average Bonchev–Trinajstić information content (AvgIpc) is 3.12. The number of nitrogens with one attached hydrogen (secondary N) is 1. The van der Waals surface area contributed by atoms with E-state index in [0.717, 1.165) is 38.5 Å². The van der Waals surface area contributed by atoms with Crippen LogP contribution in [0, 0.1) is 0 Å². The van der Waals surface area contributed by atoms with Gasteiger partial charge in [0.2, 0.25) is 5.91 Å². The normalized spacial score (nSPS) is 13.6. The van der Waals surface area contributed by atoms with Crippen molar-refractivity contribution in [3.63, 3.8) is 0 Å². The van der Waals surface area contributed by atoms with E-state index in [-0.39, 0.29) is 12.5 Å². The van der Waals surface area contributed by atoms with E-state index >= 15 is 0 Å². The van der Waals surface area contributed by atoms with Gasteiger partial charge in [0.15, 0.2) is 0 Å². The van der Waals surface area contributed by atoms with Gasteiger partial charge in [-0.2, -0.15) is 0 Å². The van der Waals surface area contributed by atoms with Gasteiger partial charge in [0.05, 0.1) is 18.8 Å². The van der Waals surface area contributed by atoms with Gasteiger partial charge in [-0.25, -0.2) is 0 Å². The first-order valence-corrected chi connectivity index (χ1v) is 22.5. The summed E-state index contributed by atoms with van der Waals surface area (Å²) in [6, 6.07) is -0.808. The molecule has 0 rings (SSSR count). The van der Waals surface area contributed by atoms with Crippen molar-refractivity contribution in [2.24, 2.45) is 0 Å². The summed E-state index contributed by atoms with van der Waals surface area (Å²) in [5.41, 5.74) is 0. The standard InChI is InChI=1S/C45H89NO4/c1-3-5-7-9-11-13-15-17-19-21-22-24-26-28-30-32-34-36-38-40-44(49)46-42(41-47)45(50)43(48)39-37-35-33-31-29-27-25-23-20-18-16-14-12-10-8-6-4-2/h21-22,42-43,45,47-48,50H,3-20,23-41H2,1-2H3,(H,46,49)/b22-21-. The Morgan fingerprint density at radius 3 is 1.16 bits per heavy atom. The summed E-state index contributed by atoms with van der Waals surface area (Å²) in [7, 11) is 0. The third kappa shape index (κ3) is 35.5. The smallest absolute Gasteiger partial charge is 0.220 e. The second kappa shape index (κ2) is 40.9. The first-order valence-electron chi connectivity index (χ1n) is 22.5. The zero-order valence-electron chi connectivity index (χ0n) is 33.8. The summed E-state index contributed by atoms with van der Waals surface area (Å²) in [6.45, 7) is 4.19. The maximum atomic E-state index is 12.4. The molecule has 0 aromatic carbocycles. The quantitative estimate of drug-likeness (QED) is 0.0376. The lowest BCUT2D eigenvalue weighted by Gasteiger charge is -2.26. The number of amides is 1. The summed E-state index contributed by atoms with van der Waals surface area (Å²) in [4.78, 5) is 12.4. The summed E-state index contributed by atoms with van der Waals surface area (Å²) in [5, 5.41) is 33.6. The Balaban J connectivity index is 3.61. The second-order valence-electron chi connectivity index (χ2n) is 15.6. The molecule has 4 N–H and O–H groups in total. The SMILES string of the molecule is CCCCCCCCCC/C=C\CCCCCCCCCC(=O)NC(CO)C(O)C(O)CCCCCCCCCCCCCCCCCCC. The first kappa shape index (κ1) is 49.1. The third-order valence-corrected chi connectivity index (χ3v) is 10.6. The minimum Gasteiger partial charge on any atom is -0.394 e. The number of rotatable bonds is 41. The highest BCUT2D eigenvalue weighted by Crippen LogP contribution is 2.17. The molecule has 0 aromatic rings. The van der Waals surface area contributed by atoms with Crippen LogP contribution in [0.25, 0.3) is 0 Å². The number of allylic oxidation sites excluding steroid dienone is 2. The highest BCUT2D eigenvalue weighted by atomic mass is 16.3. The molecule has 0 aliphatic rings. The largest absolute Gasteiger partial charge is 0.394 e. The summed E-state index contributed by atoms with van der Waals surface area (Å²) in [6.07, 6.45) is 47.4. The highest BCUT2D eigenvalue weighted by molar-refractivity contribution is 5.76. The average molecular weight is 708 g/mol. The van der Waals surface area contributed by atoms with E-state index in [4.69, 9.17) is 0 Å². The molecule has 0 aliphatic heterocycles. The number of hydrogen-bond acceptors (Lipinski definition) is 4. The topological polar surface area (TPSA) is 89.8 Å². The van der Waals surface area contributed by atoms with Crippen LogP contribution in [-0.4, -0.2) is 46.1 Å². The molecule has 0 radical (unpaired) electrons. The molecule has 0 aliphatic carbocycles. The second-order valence-corrected chi connectivity index (χ2v) is 15.6. The molecule has 0 heterocycles. The zero-order chi connectivity index (χ0) is 36.6. The number of carbonyl (C=O) groups excluding carboxylic acids is 1. The molecule has 50 heavy (non-hydrogen) atoms. The van der Waals surface area contributed by atoms with Gasteiger partial charge in [-0.15, -0.1) is 0 Å². The number of aliphatic hydroxyl groups excluding tert-OH is 3. The van der Waals surface area contributed by atoms with Gasteiger partial charge < -0.3 is 20.6 Å². The molecule has 3 unspecified atom stereocenters. The van der Waals surface area contributed by atoms with Gasteiger partial charge in [-0.3, -0.25) is 4.79 Å². The van der Waals surface area contributed by atoms with Crippen molar-refractivity contribution in [2.45, 2.75) is 263 Å². The minimum atomic E-state index is -1.13. The van der Waals surface area contributed by atoms with Gasteiger partial charge in [-0.1, -0.05) is 212 Å². The molecule has 0 aromatic heterocycles. The van der Waals surface area contributed by atoms with Gasteiger partial charge >= 0.3 is 0 Å². The van der Waals surface area contributed by atoms with Crippen LogP contribution in [0.4, 0.5) is 0 Å². The van der Waals surface area contributed by atoms with Crippen molar-refractivity contribution in [3.8, 4) is 0 Å². The third-order valence-electron chi connectivity index (χ3n) is 10.6. The number of carbonyl (C=O) groups is 1. The van der Waals surface area contributed by atoms with Crippen LogP contribution < -0.4 is 5.32 Å². The molecule has 5 nitrogen and oxygen atoms in total. The van der Waals surface area contributed by atoms with Gasteiger partial charge in [-0.05, 0) is 38.5 Å². The molecule has 0 bridgehead atoms. The van der Waals surface area contributed by atoms with Crippen molar-refractivity contribution in [1.29, 1.82) is 0 Å². The number of unbranched alkanes of at least 4 members (excludes halogenated alkanes) is 31. The fraction of sp³-hybridized carbons (Fsp3) is 0.933. The van der Waals surface area contributed by atoms with Crippen molar-refractivity contribution in [1.82, 2.24) is 5.32 Å². The van der Waals surface area contributed by atoms with Gasteiger partial charge in [0, 0.05) is 6.42 Å². The Morgan fingerprint density at radius 2 is 0.800 bits per heavy atom. The van der Waals surface area contributed by atoms with Crippen LogP contribution in [0.5, 0.6) is 0 Å². The predicted octanol–water partition coefficient (Wildman–Crippen LogP) is 12.8. The van der Waals surface area contributed by atoms with E-state index in [1.165, 1.54) is 180 Å². The van der Waals surface area contributed by atoms with E-state index in [0.29, 0.717) is 12.8 Å². The van der Waals surface area contributed by atoms with Crippen molar-refractivity contribution >= 4 is 5.91 Å². The van der Waals surface area contributed by atoms with Gasteiger partial charge in [0.1, 0.15) is 6.10 Å². The summed E-state index contributed by atoms with van der Waals surface area (Å²) >= 11 is 0. The highest BCUT2D eigenvalue weighted by Gasteiger charge is 2.26. The van der Waals surface area contributed by atoms with Crippen LogP contribution in [-0.2, 0) is 4.79 Å². The van der Waals surface area contributed by atoms with E-state index in [1.807, 2.05) is 0 Å². The maximum absolute atomic E-state index is 12.4. The fourth-order valence-electron chi connectivity index (χ4n) is 7.10. The lowest BCUT2D eigenvalue weighted by molar-refractivity contribution is -0.124. The van der Waals surface area contributed by atoms with Crippen LogP contribution in [0.1, 0.15) is 245 Å². The van der Waals surface area contributed by atoms with Crippen LogP contribution >= 0.6 is 0 Å². The minimum absolute atomic E-state index is 0.146. The Kier molecular flexibility index (Phi) is 40.1. The summed E-state index contributed by atoms with van der Waals surface area (Å²) in [5.74, 6) is -0.146. The molecule has 0 spiro atoms. The van der Waals surface area contributed by atoms with Crippen molar-refractivity contribution < 1.29 is 20.1 Å². The molecule has 0 saturated heterocycles. The Labute approximate surface area is 312 Å². The molecule has 5 heteroatoms. The van der Waals surface area contributed by atoms with Crippen molar-refractivity contribution in [2.75, 3.05) is 6.61 Å². The molecule has 0 fully saturated rings. The first-order chi connectivity index (χ1) is 24.6.